The number of ketones is 1. The quantitative estimate of drug-likeness (QED) is 0.485. The van der Waals surface area contributed by atoms with Crippen LogP contribution in [0.2, 0.25) is 0 Å². The monoisotopic (exact) mass is 428 g/mol. The fourth-order valence-electron chi connectivity index (χ4n) is 9.19. The molecule has 0 aromatic heterocycles. The number of carbonyl (C=O) groups is 1. The van der Waals surface area contributed by atoms with Crippen molar-refractivity contribution in [3.05, 3.63) is 11.6 Å². The summed E-state index contributed by atoms with van der Waals surface area (Å²) >= 11 is 0. The van der Waals surface area contributed by atoms with Crippen molar-refractivity contribution in [2.24, 2.45) is 52.3 Å². The van der Waals surface area contributed by atoms with E-state index < -0.39 is 6.10 Å². The first-order valence-corrected chi connectivity index (χ1v) is 13.5. The van der Waals surface area contributed by atoms with Gasteiger partial charge in [0.2, 0.25) is 0 Å². The van der Waals surface area contributed by atoms with Gasteiger partial charge >= 0.3 is 0 Å². The second kappa shape index (κ2) is 8.62. The highest BCUT2D eigenvalue weighted by molar-refractivity contribution is 5.98. The summed E-state index contributed by atoms with van der Waals surface area (Å²) in [5.74, 6) is 5.58. The van der Waals surface area contributed by atoms with Gasteiger partial charge in [-0.15, -0.1) is 0 Å². The summed E-state index contributed by atoms with van der Waals surface area (Å²) in [6.45, 7) is 14.6. The van der Waals surface area contributed by atoms with Gasteiger partial charge in [-0.25, -0.2) is 0 Å². The molecule has 1 unspecified atom stereocenters. The molecule has 0 aliphatic heterocycles. The van der Waals surface area contributed by atoms with Gasteiger partial charge in [-0.05, 0) is 109 Å². The van der Waals surface area contributed by atoms with Crippen LogP contribution in [0.15, 0.2) is 11.6 Å². The smallest absolute Gasteiger partial charge is 0.159 e. The zero-order chi connectivity index (χ0) is 22.6. The highest BCUT2D eigenvalue weighted by Gasteiger charge is 2.60. The van der Waals surface area contributed by atoms with Crippen molar-refractivity contribution in [2.45, 2.75) is 112 Å². The molecule has 0 radical (unpaired) electrons. The second-order valence-corrected chi connectivity index (χ2v) is 12.8. The molecule has 2 nitrogen and oxygen atoms in total. The first kappa shape index (κ1) is 23.5. The topological polar surface area (TPSA) is 37.3 Å². The average Bonchev–Trinajstić information content (AvgIpc) is 3.07. The number of Topliss-reactive ketones (excluding diaryl/α,β-unsaturated/α-hetero) is 1. The number of rotatable bonds is 6. The van der Waals surface area contributed by atoms with Gasteiger partial charge in [-0.3, -0.25) is 4.79 Å². The van der Waals surface area contributed by atoms with Gasteiger partial charge in [-0.1, -0.05) is 54.4 Å². The van der Waals surface area contributed by atoms with Gasteiger partial charge in [0.05, 0.1) is 6.10 Å². The van der Waals surface area contributed by atoms with E-state index >= 15 is 0 Å². The van der Waals surface area contributed by atoms with Gasteiger partial charge in [0.15, 0.2) is 5.78 Å². The molecule has 2 heteroatoms. The largest absolute Gasteiger partial charge is 0.389 e. The minimum Gasteiger partial charge on any atom is -0.389 e. The number of aliphatic hydroxyl groups is 1. The molecule has 4 aliphatic carbocycles. The first-order chi connectivity index (χ1) is 14.6. The van der Waals surface area contributed by atoms with Gasteiger partial charge in [0.25, 0.3) is 0 Å². The van der Waals surface area contributed by atoms with Crippen molar-refractivity contribution in [1.29, 1.82) is 0 Å². The molecule has 3 saturated carbocycles. The van der Waals surface area contributed by atoms with Crippen molar-refractivity contribution >= 4 is 5.78 Å². The Kier molecular flexibility index (Phi) is 6.54. The van der Waals surface area contributed by atoms with Crippen LogP contribution in [0.3, 0.4) is 0 Å². The van der Waals surface area contributed by atoms with E-state index in [1.807, 2.05) is 6.08 Å². The summed E-state index contributed by atoms with van der Waals surface area (Å²) < 4.78 is 0. The second-order valence-electron chi connectivity index (χ2n) is 12.8. The number of aliphatic hydroxyl groups excluding tert-OH is 1. The Hall–Kier alpha value is -0.630. The van der Waals surface area contributed by atoms with E-state index in [4.69, 9.17) is 0 Å². The summed E-state index contributed by atoms with van der Waals surface area (Å²) in [6, 6.07) is 0. The lowest BCUT2D eigenvalue weighted by Crippen LogP contribution is -2.53. The van der Waals surface area contributed by atoms with Gasteiger partial charge in [0.1, 0.15) is 0 Å². The van der Waals surface area contributed by atoms with Gasteiger partial charge in [-0.2, -0.15) is 0 Å². The van der Waals surface area contributed by atoms with Crippen LogP contribution in [-0.2, 0) is 4.79 Å². The maximum Gasteiger partial charge on any atom is 0.159 e. The predicted octanol–water partition coefficient (Wildman–Crippen LogP) is 7.20. The van der Waals surface area contributed by atoms with Crippen LogP contribution in [0.25, 0.3) is 0 Å². The summed E-state index contributed by atoms with van der Waals surface area (Å²) in [4.78, 5) is 13.2. The van der Waals surface area contributed by atoms with Crippen LogP contribution in [0.4, 0.5) is 0 Å². The van der Waals surface area contributed by atoms with E-state index in [9.17, 15) is 9.90 Å². The van der Waals surface area contributed by atoms with Crippen LogP contribution in [0.1, 0.15) is 106 Å². The third kappa shape index (κ3) is 3.87. The summed E-state index contributed by atoms with van der Waals surface area (Å²) in [7, 11) is 0. The van der Waals surface area contributed by atoms with Crippen molar-refractivity contribution in [3.63, 3.8) is 0 Å². The fraction of sp³-hybridized carbons (Fsp3) is 0.897. The molecule has 1 N–H and O–H groups in total. The lowest BCUT2D eigenvalue weighted by Gasteiger charge is -2.58. The SMILES string of the molecule is CCC(CC[C@@H](C)[C@H]1CC[C@H]2[C@@H]3CC(=O)C4=C[C@@H](O)CC[C@]4(C)[C@H]3CC[C@]12C)C(C)C. The Morgan fingerprint density at radius 1 is 1.03 bits per heavy atom. The zero-order valence-electron chi connectivity index (χ0n) is 21.1. The van der Waals surface area contributed by atoms with Crippen LogP contribution < -0.4 is 0 Å². The fourth-order valence-corrected chi connectivity index (χ4v) is 9.19. The number of allylic oxidation sites excluding steroid dienone is 1. The van der Waals surface area contributed by atoms with E-state index in [2.05, 4.69) is 41.5 Å². The van der Waals surface area contributed by atoms with Crippen LogP contribution in [0, 0.1) is 52.3 Å². The zero-order valence-corrected chi connectivity index (χ0v) is 21.1. The van der Waals surface area contributed by atoms with Gasteiger partial charge < -0.3 is 5.11 Å². The molecule has 0 spiro atoms. The highest BCUT2D eigenvalue weighted by Crippen LogP contribution is 2.67. The van der Waals surface area contributed by atoms with Gasteiger partial charge in [0, 0.05) is 6.42 Å². The third-order valence-electron chi connectivity index (χ3n) is 11.1. The molecule has 0 bridgehead atoms. The lowest BCUT2D eigenvalue weighted by atomic mass is 9.46. The van der Waals surface area contributed by atoms with E-state index in [1.165, 1.54) is 44.9 Å². The standard InChI is InChI=1S/C29H48O2/c1-7-20(18(2)3)9-8-19(4)23-10-11-24-22-17-27(31)26-16-21(30)12-14-29(26,6)25(22)13-15-28(23,24)5/h16,18-25,30H,7-15,17H2,1-6H3/t19-,20?,21+,22+,23-,24+,25+,28-,29-/m1/s1. The Morgan fingerprint density at radius 2 is 1.77 bits per heavy atom. The molecule has 31 heavy (non-hydrogen) atoms. The molecular weight excluding hydrogens is 380 g/mol. The van der Waals surface area contributed by atoms with E-state index in [-0.39, 0.29) is 5.41 Å². The van der Waals surface area contributed by atoms with Crippen molar-refractivity contribution < 1.29 is 9.90 Å². The summed E-state index contributed by atoms with van der Waals surface area (Å²) in [5, 5.41) is 10.2. The predicted molar refractivity (Wildman–Crippen MR) is 129 cm³/mol. The Balaban J connectivity index is 1.51. The molecule has 0 aromatic carbocycles. The summed E-state index contributed by atoms with van der Waals surface area (Å²) in [5.41, 5.74) is 1.42. The van der Waals surface area contributed by atoms with E-state index in [0.717, 1.165) is 54.4 Å². The molecule has 4 rings (SSSR count). The Labute approximate surface area is 191 Å². The molecule has 0 heterocycles. The molecule has 0 saturated heterocycles. The van der Waals surface area contributed by atoms with Crippen LogP contribution >= 0.6 is 0 Å². The number of fused-ring (bicyclic) bond motifs is 5. The van der Waals surface area contributed by atoms with Crippen molar-refractivity contribution in [1.82, 2.24) is 0 Å². The minimum atomic E-state index is -0.410. The van der Waals surface area contributed by atoms with Crippen molar-refractivity contribution in [2.75, 3.05) is 0 Å². The highest BCUT2D eigenvalue weighted by atomic mass is 16.3. The maximum atomic E-state index is 13.2. The minimum absolute atomic E-state index is 0.00980. The number of carbonyl (C=O) groups excluding carboxylic acids is 1. The van der Waals surface area contributed by atoms with Crippen LogP contribution in [-0.4, -0.2) is 17.0 Å². The molecule has 0 amide bonds. The van der Waals surface area contributed by atoms with E-state index in [0.29, 0.717) is 23.0 Å². The third-order valence-corrected chi connectivity index (χ3v) is 11.1. The Morgan fingerprint density at radius 3 is 2.45 bits per heavy atom. The van der Waals surface area contributed by atoms with E-state index in [1.54, 1.807) is 0 Å². The molecule has 176 valence electrons. The molecule has 3 fully saturated rings. The molecule has 4 aliphatic rings. The molecule has 9 atom stereocenters. The average molecular weight is 429 g/mol. The van der Waals surface area contributed by atoms with Crippen molar-refractivity contribution in [3.8, 4) is 0 Å². The molecular formula is C29H48O2. The number of hydrogen-bond donors (Lipinski definition) is 1. The van der Waals surface area contributed by atoms with Crippen LogP contribution in [0.5, 0.6) is 0 Å². The first-order valence-electron chi connectivity index (χ1n) is 13.5. The summed E-state index contributed by atoms with van der Waals surface area (Å²) in [6.07, 6.45) is 13.5. The lowest BCUT2D eigenvalue weighted by molar-refractivity contribution is -0.129. The Bertz CT molecular complexity index is 708. The normalized spacial score (nSPS) is 44.3. The number of hydrogen-bond acceptors (Lipinski definition) is 2. The molecule has 0 aromatic rings. The maximum absolute atomic E-state index is 13.2.